The average molecular weight is 741 g/mol. The summed E-state index contributed by atoms with van der Waals surface area (Å²) in [4.78, 5) is 15.4. The van der Waals surface area contributed by atoms with Crippen LogP contribution in [0.1, 0.15) is 0 Å². The predicted octanol–water partition coefficient (Wildman–Crippen LogP) is 13.8. The summed E-state index contributed by atoms with van der Waals surface area (Å²) in [7, 11) is 0. The van der Waals surface area contributed by atoms with Crippen molar-refractivity contribution in [3.8, 4) is 51.0 Å². The molecule has 0 saturated heterocycles. The Morgan fingerprint density at radius 1 is 0.345 bits per heavy atom. The highest BCUT2D eigenvalue weighted by Crippen LogP contribution is 2.42. The molecule has 12 rings (SSSR count). The van der Waals surface area contributed by atoms with Crippen molar-refractivity contribution in [2.24, 2.45) is 0 Å². The molecule has 0 radical (unpaired) electrons. The van der Waals surface area contributed by atoms with Gasteiger partial charge in [-0.1, -0.05) is 146 Å². The third-order valence-electron chi connectivity index (χ3n) is 11.4. The number of fused-ring (bicyclic) bond motifs is 8. The van der Waals surface area contributed by atoms with E-state index in [0.29, 0.717) is 17.5 Å². The van der Waals surface area contributed by atoms with Crippen LogP contribution in [0.15, 0.2) is 199 Å². The van der Waals surface area contributed by atoms with Gasteiger partial charge in [0.1, 0.15) is 11.2 Å². The van der Waals surface area contributed by atoms with Crippen molar-refractivity contribution < 1.29 is 4.42 Å². The highest BCUT2D eigenvalue weighted by atomic mass is 16.3. The van der Waals surface area contributed by atoms with Gasteiger partial charge in [-0.3, -0.25) is 0 Å². The second-order valence-corrected chi connectivity index (χ2v) is 14.9. The molecule has 0 unspecified atom stereocenters. The van der Waals surface area contributed by atoms with Gasteiger partial charge in [0.05, 0.1) is 16.6 Å². The quantitative estimate of drug-likeness (QED) is 0.176. The van der Waals surface area contributed by atoms with E-state index in [2.05, 4.69) is 138 Å². The first-order valence-corrected chi connectivity index (χ1v) is 19.5. The molecule has 3 heterocycles. The van der Waals surface area contributed by atoms with E-state index in [1.54, 1.807) is 0 Å². The summed E-state index contributed by atoms with van der Waals surface area (Å²) in [5.74, 6) is 1.74. The molecule has 3 aromatic heterocycles. The fraction of sp³-hybridized carbons (Fsp3) is 0. The van der Waals surface area contributed by atoms with Crippen LogP contribution in [0.5, 0.6) is 0 Å². The molecular formula is C53H32N4O. The van der Waals surface area contributed by atoms with Crippen LogP contribution in [0, 0.1) is 0 Å². The zero-order chi connectivity index (χ0) is 38.2. The van der Waals surface area contributed by atoms with Crippen LogP contribution in [0.4, 0.5) is 0 Å². The third kappa shape index (κ3) is 5.21. The molecule has 5 heteroatoms. The van der Waals surface area contributed by atoms with Gasteiger partial charge in [-0.15, -0.1) is 0 Å². The maximum absolute atomic E-state index is 6.87. The maximum atomic E-state index is 6.87. The molecule has 0 N–H and O–H groups in total. The maximum Gasteiger partial charge on any atom is 0.167 e. The average Bonchev–Trinajstić information content (AvgIpc) is 3.82. The molecule has 0 atom stereocenters. The summed E-state index contributed by atoms with van der Waals surface area (Å²) in [6.45, 7) is 0. The van der Waals surface area contributed by atoms with Crippen molar-refractivity contribution >= 4 is 65.3 Å². The van der Waals surface area contributed by atoms with Crippen molar-refractivity contribution in [2.45, 2.75) is 0 Å². The monoisotopic (exact) mass is 740 g/mol. The lowest BCUT2D eigenvalue weighted by atomic mass is 9.99. The summed E-state index contributed by atoms with van der Waals surface area (Å²) >= 11 is 0. The van der Waals surface area contributed by atoms with E-state index in [1.165, 1.54) is 32.7 Å². The number of furan rings is 1. The SMILES string of the molecule is c1ccc(-c2nc(-c3ccccc3)nc(-c3cc(-n4c5ccccc5c5cc(-c6ccc7ccccc7c6)ccc54)cc4c3oc3cc5ccccc5cc34)n2)cc1. The van der Waals surface area contributed by atoms with Gasteiger partial charge in [-0.2, -0.15) is 0 Å². The molecule has 0 spiro atoms. The largest absolute Gasteiger partial charge is 0.455 e. The van der Waals surface area contributed by atoms with Crippen LogP contribution in [-0.2, 0) is 0 Å². The minimum absolute atomic E-state index is 0.544. The molecule has 9 aromatic carbocycles. The van der Waals surface area contributed by atoms with Crippen LogP contribution in [-0.4, -0.2) is 19.5 Å². The molecule has 0 aliphatic carbocycles. The van der Waals surface area contributed by atoms with E-state index >= 15 is 0 Å². The van der Waals surface area contributed by atoms with Gasteiger partial charge in [-0.25, -0.2) is 15.0 Å². The molecule has 0 bridgehead atoms. The van der Waals surface area contributed by atoms with Crippen LogP contribution in [0.2, 0.25) is 0 Å². The lowest BCUT2D eigenvalue weighted by Gasteiger charge is -2.13. The zero-order valence-electron chi connectivity index (χ0n) is 31.2. The van der Waals surface area contributed by atoms with Crippen molar-refractivity contribution in [3.05, 3.63) is 194 Å². The lowest BCUT2D eigenvalue weighted by molar-refractivity contribution is 0.670. The van der Waals surface area contributed by atoms with Crippen molar-refractivity contribution in [1.82, 2.24) is 19.5 Å². The molecule has 270 valence electrons. The van der Waals surface area contributed by atoms with Gasteiger partial charge in [0.25, 0.3) is 0 Å². The Morgan fingerprint density at radius 3 is 1.66 bits per heavy atom. The van der Waals surface area contributed by atoms with Crippen molar-refractivity contribution in [2.75, 3.05) is 0 Å². The first-order valence-electron chi connectivity index (χ1n) is 19.5. The number of rotatable bonds is 5. The normalized spacial score (nSPS) is 11.8. The molecule has 58 heavy (non-hydrogen) atoms. The number of para-hydroxylation sites is 1. The van der Waals surface area contributed by atoms with Crippen LogP contribution >= 0.6 is 0 Å². The fourth-order valence-electron chi connectivity index (χ4n) is 8.57. The molecule has 5 nitrogen and oxygen atoms in total. The van der Waals surface area contributed by atoms with E-state index < -0.39 is 0 Å². The second-order valence-electron chi connectivity index (χ2n) is 14.9. The molecule has 12 aromatic rings. The zero-order valence-corrected chi connectivity index (χ0v) is 31.2. The Kier molecular flexibility index (Phi) is 7.16. The van der Waals surface area contributed by atoms with Crippen LogP contribution < -0.4 is 0 Å². The van der Waals surface area contributed by atoms with Gasteiger partial charge in [0.15, 0.2) is 17.5 Å². The fourth-order valence-corrected chi connectivity index (χ4v) is 8.57. The number of nitrogens with zero attached hydrogens (tertiary/aromatic N) is 4. The third-order valence-corrected chi connectivity index (χ3v) is 11.4. The minimum atomic E-state index is 0.544. The topological polar surface area (TPSA) is 56.7 Å². The number of benzene rings is 9. The molecule has 0 amide bonds. The Hall–Kier alpha value is -7.89. The highest BCUT2D eigenvalue weighted by molar-refractivity contribution is 6.15. The van der Waals surface area contributed by atoms with E-state index in [-0.39, 0.29) is 0 Å². The molecule has 0 saturated carbocycles. The van der Waals surface area contributed by atoms with E-state index in [4.69, 9.17) is 19.4 Å². The van der Waals surface area contributed by atoms with Crippen LogP contribution in [0.3, 0.4) is 0 Å². The Bertz CT molecular complexity index is 3510. The first kappa shape index (κ1) is 32.4. The molecule has 0 aliphatic rings. The van der Waals surface area contributed by atoms with Crippen LogP contribution in [0.25, 0.3) is 116 Å². The summed E-state index contributed by atoms with van der Waals surface area (Å²) in [5.41, 5.74) is 9.75. The second kappa shape index (κ2) is 12.8. The summed E-state index contributed by atoms with van der Waals surface area (Å²) < 4.78 is 9.24. The van der Waals surface area contributed by atoms with Gasteiger partial charge >= 0.3 is 0 Å². The van der Waals surface area contributed by atoms with E-state index in [1.807, 2.05) is 60.7 Å². The summed E-state index contributed by atoms with van der Waals surface area (Å²) in [6, 6.07) is 68.2. The van der Waals surface area contributed by atoms with Gasteiger partial charge in [0, 0.05) is 38.4 Å². The predicted molar refractivity (Wildman–Crippen MR) is 238 cm³/mol. The molecule has 0 aliphatic heterocycles. The van der Waals surface area contributed by atoms with Crippen molar-refractivity contribution in [1.29, 1.82) is 0 Å². The Morgan fingerprint density at radius 2 is 0.914 bits per heavy atom. The standard InChI is InChI=1S/C53H32N4O/c1-3-14-34(15-4-1)51-54-52(35-16-5-2-6-17-35)56-53(55-51)46-32-41(31-45-44-29-37-19-9-10-20-38(37)30-49(44)58-50(45)46)57-47-22-12-11-21-42(47)43-28-40(25-26-48(43)57)39-24-23-33-13-7-8-18-36(33)27-39/h1-32H. The van der Waals surface area contributed by atoms with Gasteiger partial charge in [0.2, 0.25) is 0 Å². The highest BCUT2D eigenvalue weighted by Gasteiger charge is 2.22. The van der Waals surface area contributed by atoms with E-state index in [0.717, 1.165) is 66.1 Å². The Labute approximate surface area is 333 Å². The first-order chi connectivity index (χ1) is 28.7. The summed E-state index contributed by atoms with van der Waals surface area (Å²) in [6.07, 6.45) is 0. The number of hydrogen-bond donors (Lipinski definition) is 0. The van der Waals surface area contributed by atoms with Gasteiger partial charge < -0.3 is 8.98 Å². The smallest absolute Gasteiger partial charge is 0.167 e. The number of aromatic nitrogens is 4. The number of hydrogen-bond acceptors (Lipinski definition) is 4. The summed E-state index contributed by atoms with van der Waals surface area (Å²) in [5, 5.41) is 9.14. The van der Waals surface area contributed by atoms with Gasteiger partial charge in [-0.05, 0) is 81.2 Å². The molecule has 0 fully saturated rings. The lowest BCUT2D eigenvalue weighted by Crippen LogP contribution is -2.01. The Balaban J connectivity index is 1.15. The minimum Gasteiger partial charge on any atom is -0.455 e. The molecular weight excluding hydrogens is 709 g/mol. The van der Waals surface area contributed by atoms with E-state index in [9.17, 15) is 0 Å². The van der Waals surface area contributed by atoms with Crippen molar-refractivity contribution in [3.63, 3.8) is 0 Å².